The zero-order chi connectivity index (χ0) is 25.9. The largest absolute Gasteiger partial charge is 0.377 e. The fourth-order valence-electron chi connectivity index (χ4n) is 3.98. The number of carbonyl (C=O) groups is 1. The van der Waals surface area contributed by atoms with Crippen molar-refractivity contribution in [3.63, 3.8) is 0 Å². The number of amides is 2. The van der Waals surface area contributed by atoms with Gasteiger partial charge in [0.2, 0.25) is 0 Å². The van der Waals surface area contributed by atoms with E-state index in [-0.39, 0.29) is 18.1 Å². The van der Waals surface area contributed by atoms with Gasteiger partial charge in [-0.05, 0) is 31.1 Å². The van der Waals surface area contributed by atoms with Gasteiger partial charge < -0.3 is 19.9 Å². The van der Waals surface area contributed by atoms with Gasteiger partial charge in [-0.3, -0.25) is 0 Å². The van der Waals surface area contributed by atoms with Crippen LogP contribution in [0.3, 0.4) is 0 Å². The van der Waals surface area contributed by atoms with Crippen LogP contribution in [0.5, 0.6) is 0 Å². The zero-order valence-corrected chi connectivity index (χ0v) is 21.3. The number of halogens is 2. The molecule has 10 heteroatoms. The Bertz CT molecular complexity index is 1060. The van der Waals surface area contributed by atoms with Crippen LogP contribution >= 0.6 is 0 Å². The van der Waals surface area contributed by atoms with E-state index < -0.39 is 11.6 Å². The van der Waals surface area contributed by atoms with Gasteiger partial charge in [0, 0.05) is 57.0 Å². The molecule has 0 aliphatic carbocycles. The number of urea groups is 1. The van der Waals surface area contributed by atoms with E-state index in [1.54, 1.807) is 11.2 Å². The van der Waals surface area contributed by atoms with Gasteiger partial charge in [-0.2, -0.15) is 5.10 Å². The fourth-order valence-corrected chi connectivity index (χ4v) is 3.98. The monoisotopic (exact) mass is 502 g/mol. The van der Waals surface area contributed by atoms with Crippen LogP contribution in [-0.2, 0) is 24.2 Å². The molecule has 0 spiro atoms. The van der Waals surface area contributed by atoms with E-state index in [2.05, 4.69) is 39.4 Å². The minimum atomic E-state index is -0.924. The highest BCUT2D eigenvalue weighted by molar-refractivity contribution is 5.74. The van der Waals surface area contributed by atoms with Crippen molar-refractivity contribution in [3.8, 4) is 0 Å². The first-order valence-electron chi connectivity index (χ1n) is 12.5. The maximum atomic E-state index is 13.8. The second-order valence-corrected chi connectivity index (χ2v) is 8.53. The lowest BCUT2D eigenvalue weighted by Gasteiger charge is -2.37. The van der Waals surface area contributed by atoms with E-state index >= 15 is 0 Å². The number of benzene rings is 1. The molecule has 1 aliphatic heterocycles. The number of aromatic nitrogens is 3. The Morgan fingerprint density at radius 1 is 1.11 bits per heavy atom. The Morgan fingerprint density at radius 3 is 2.53 bits per heavy atom. The molecule has 0 unspecified atom stereocenters. The first-order valence-corrected chi connectivity index (χ1v) is 12.5. The molecule has 1 fully saturated rings. The first kappa shape index (κ1) is 27.3. The molecule has 0 radical (unpaired) electrons. The highest BCUT2D eigenvalue weighted by Crippen LogP contribution is 2.15. The van der Waals surface area contributed by atoms with Crippen LogP contribution in [0.4, 0.5) is 13.6 Å². The lowest BCUT2D eigenvalue weighted by atomic mass is 10.2. The molecule has 36 heavy (non-hydrogen) atoms. The second-order valence-electron chi connectivity index (χ2n) is 8.53. The standard InChI is InChI=1S/C26H36F2N6O2/c1-4-22(11-10-20(18-36-6-3)17-34-19-30-24(5-2)31-34)32-12-14-33(15-13-32)26(35)29-16-21-8-7-9-23(27)25(21)28/h7-11,19H,4-6,12-18H2,1-3H3,(H,29,35)/b20-10-,22-11+. The molecule has 8 nitrogen and oxygen atoms in total. The SMILES string of the molecule is CCOC/C(=C\C=C(/CC)N1CCN(C(=O)NCc2cccc(F)c2F)CC1)Cn1cnc(CC)n1. The average Bonchev–Trinajstić information content (AvgIpc) is 3.36. The second kappa shape index (κ2) is 13.7. The van der Waals surface area contributed by atoms with Crippen LogP contribution in [0.15, 0.2) is 47.9 Å². The lowest BCUT2D eigenvalue weighted by molar-refractivity contribution is 0.155. The van der Waals surface area contributed by atoms with Crippen molar-refractivity contribution in [2.24, 2.45) is 0 Å². The predicted octanol–water partition coefficient (Wildman–Crippen LogP) is 3.90. The quantitative estimate of drug-likeness (QED) is 0.472. The van der Waals surface area contributed by atoms with E-state index in [4.69, 9.17) is 4.74 Å². The molecule has 1 aromatic heterocycles. The van der Waals surface area contributed by atoms with Crippen LogP contribution in [0.1, 0.15) is 38.6 Å². The summed E-state index contributed by atoms with van der Waals surface area (Å²) in [6.45, 7) is 10.3. The van der Waals surface area contributed by atoms with Gasteiger partial charge in [0.15, 0.2) is 11.6 Å². The molecule has 0 saturated carbocycles. The summed E-state index contributed by atoms with van der Waals surface area (Å²) in [5.74, 6) is -1.02. The summed E-state index contributed by atoms with van der Waals surface area (Å²) in [7, 11) is 0. The Hall–Kier alpha value is -3.27. The van der Waals surface area contributed by atoms with Crippen molar-refractivity contribution in [1.82, 2.24) is 29.9 Å². The van der Waals surface area contributed by atoms with Crippen LogP contribution < -0.4 is 5.32 Å². The summed E-state index contributed by atoms with van der Waals surface area (Å²) >= 11 is 0. The normalized spacial score (nSPS) is 14.9. The molecule has 2 heterocycles. The summed E-state index contributed by atoms with van der Waals surface area (Å²) in [5.41, 5.74) is 2.40. The molecule has 1 aliphatic rings. The van der Waals surface area contributed by atoms with Crippen molar-refractivity contribution < 1.29 is 18.3 Å². The van der Waals surface area contributed by atoms with Gasteiger partial charge in [0.1, 0.15) is 12.2 Å². The topological polar surface area (TPSA) is 75.5 Å². The molecule has 2 amide bonds. The predicted molar refractivity (Wildman–Crippen MR) is 134 cm³/mol. The van der Waals surface area contributed by atoms with Gasteiger partial charge in [-0.25, -0.2) is 23.2 Å². The van der Waals surface area contributed by atoms with E-state index in [1.807, 2.05) is 18.5 Å². The third kappa shape index (κ3) is 7.61. The number of nitrogens with zero attached hydrogens (tertiary/aromatic N) is 5. The van der Waals surface area contributed by atoms with Gasteiger partial charge in [0.25, 0.3) is 0 Å². The summed E-state index contributed by atoms with van der Waals surface area (Å²) in [5, 5.41) is 7.17. The Morgan fingerprint density at radius 2 is 1.86 bits per heavy atom. The number of aryl methyl sites for hydroxylation is 1. The minimum absolute atomic E-state index is 0.0539. The molecule has 0 bridgehead atoms. The summed E-state index contributed by atoms with van der Waals surface area (Å²) < 4.78 is 34.7. The van der Waals surface area contributed by atoms with Crippen molar-refractivity contribution >= 4 is 6.03 Å². The third-order valence-corrected chi connectivity index (χ3v) is 6.07. The Labute approximate surface area is 211 Å². The molecule has 196 valence electrons. The van der Waals surface area contributed by atoms with Gasteiger partial charge in [-0.1, -0.05) is 32.1 Å². The van der Waals surface area contributed by atoms with Gasteiger partial charge >= 0.3 is 6.03 Å². The van der Waals surface area contributed by atoms with Crippen molar-refractivity contribution in [1.29, 1.82) is 0 Å². The summed E-state index contributed by atoms with van der Waals surface area (Å²) in [4.78, 5) is 20.8. The van der Waals surface area contributed by atoms with Crippen molar-refractivity contribution in [2.45, 2.75) is 46.7 Å². The number of carbonyl (C=O) groups excluding carboxylic acids is 1. The molecule has 1 aromatic carbocycles. The maximum Gasteiger partial charge on any atom is 0.317 e. The molecule has 1 saturated heterocycles. The van der Waals surface area contributed by atoms with Crippen LogP contribution in [0.2, 0.25) is 0 Å². The number of ether oxygens (including phenoxy) is 1. The number of hydrogen-bond acceptors (Lipinski definition) is 5. The van der Waals surface area contributed by atoms with Crippen LogP contribution in [0, 0.1) is 11.6 Å². The summed E-state index contributed by atoms with van der Waals surface area (Å²) in [6, 6.07) is 3.68. The number of allylic oxidation sites excluding steroid dienone is 3. The van der Waals surface area contributed by atoms with E-state index in [0.717, 1.165) is 30.3 Å². The molecule has 3 rings (SSSR count). The number of hydrogen-bond donors (Lipinski definition) is 1. The number of nitrogens with one attached hydrogen (secondary N) is 1. The zero-order valence-electron chi connectivity index (χ0n) is 21.3. The van der Waals surface area contributed by atoms with Crippen LogP contribution in [-0.4, -0.2) is 70.0 Å². The minimum Gasteiger partial charge on any atom is -0.377 e. The number of rotatable bonds is 11. The Balaban J connectivity index is 1.56. The Kier molecular flexibility index (Phi) is 10.4. The molecular formula is C26H36F2N6O2. The van der Waals surface area contributed by atoms with Gasteiger partial charge in [-0.15, -0.1) is 0 Å². The smallest absolute Gasteiger partial charge is 0.317 e. The molecular weight excluding hydrogens is 466 g/mol. The highest BCUT2D eigenvalue weighted by atomic mass is 19.2. The van der Waals surface area contributed by atoms with E-state index in [1.165, 1.54) is 17.8 Å². The molecule has 1 N–H and O–H groups in total. The third-order valence-electron chi connectivity index (χ3n) is 6.07. The number of piperazine rings is 1. The maximum absolute atomic E-state index is 13.8. The summed E-state index contributed by atoms with van der Waals surface area (Å²) in [6.07, 6.45) is 7.61. The van der Waals surface area contributed by atoms with Crippen molar-refractivity contribution in [3.05, 3.63) is 71.0 Å². The lowest BCUT2D eigenvalue weighted by Crippen LogP contribution is -2.51. The van der Waals surface area contributed by atoms with Crippen LogP contribution in [0.25, 0.3) is 0 Å². The van der Waals surface area contributed by atoms with E-state index in [9.17, 15) is 13.6 Å². The average molecular weight is 503 g/mol. The van der Waals surface area contributed by atoms with E-state index in [0.29, 0.717) is 45.9 Å². The van der Waals surface area contributed by atoms with Crippen molar-refractivity contribution in [2.75, 3.05) is 39.4 Å². The fraction of sp³-hybridized carbons (Fsp3) is 0.500. The highest BCUT2D eigenvalue weighted by Gasteiger charge is 2.22. The molecule has 0 atom stereocenters. The molecule has 2 aromatic rings. The first-order chi connectivity index (χ1) is 17.4. The van der Waals surface area contributed by atoms with Gasteiger partial charge in [0.05, 0.1) is 13.2 Å².